The van der Waals surface area contributed by atoms with E-state index < -0.39 is 0 Å². The molecule has 1 aliphatic heterocycles. The van der Waals surface area contributed by atoms with Crippen LogP contribution in [-0.2, 0) is 0 Å². The molecule has 9 heteroatoms. The van der Waals surface area contributed by atoms with Crippen LogP contribution in [0, 0.1) is 5.92 Å². The Bertz CT molecular complexity index is 691. The lowest BCUT2D eigenvalue weighted by Gasteiger charge is -2.26. The molecule has 2 amide bonds. The van der Waals surface area contributed by atoms with E-state index in [1.54, 1.807) is 24.1 Å². The minimum atomic E-state index is -0.144. The van der Waals surface area contributed by atoms with E-state index in [9.17, 15) is 4.79 Å². The van der Waals surface area contributed by atoms with Gasteiger partial charge in [-0.2, -0.15) is 5.21 Å². The number of nitrogens with one attached hydrogen (secondary N) is 2. The average Bonchev–Trinajstić information content (AvgIpc) is 3.06. The summed E-state index contributed by atoms with van der Waals surface area (Å²) in [5.41, 5.74) is 0.790. The maximum absolute atomic E-state index is 12.6. The van der Waals surface area contributed by atoms with Crippen molar-refractivity contribution in [3.8, 4) is 0 Å². The molecule has 0 saturated carbocycles. The number of rotatable bonds is 3. The Morgan fingerprint density at radius 2 is 2.16 bits per heavy atom. The molecule has 8 nitrogen and oxygen atoms in total. The summed E-state index contributed by atoms with van der Waals surface area (Å²) in [6, 6.07) is 7.05. The van der Waals surface area contributed by atoms with Gasteiger partial charge in [0.25, 0.3) is 5.95 Å². The molecule has 2 N–H and O–H groups in total. The van der Waals surface area contributed by atoms with Crippen molar-refractivity contribution >= 4 is 29.3 Å². The average molecular weight is 364 g/mol. The lowest BCUT2D eigenvalue weighted by molar-refractivity contribution is 0.242. The second-order valence-corrected chi connectivity index (χ2v) is 6.91. The number of anilines is 2. The summed E-state index contributed by atoms with van der Waals surface area (Å²) in [6.07, 6.45) is 1.93. The van der Waals surface area contributed by atoms with Crippen LogP contribution in [0.1, 0.15) is 19.8 Å². The highest BCUT2D eigenvalue weighted by Gasteiger charge is 2.26. The summed E-state index contributed by atoms with van der Waals surface area (Å²) < 4.78 is 0. The van der Waals surface area contributed by atoms with E-state index in [0.29, 0.717) is 23.4 Å². The van der Waals surface area contributed by atoms with E-state index in [2.05, 4.69) is 37.8 Å². The van der Waals surface area contributed by atoms with Crippen LogP contribution in [0.3, 0.4) is 0 Å². The Labute approximate surface area is 151 Å². The van der Waals surface area contributed by atoms with Crippen LogP contribution in [0.5, 0.6) is 0 Å². The SMILES string of the molecule is C[C@H]1CCN(c2nn[nH]n2)C[C@@H](NC(=O)N(C)c2ccc(Cl)cc2)C1. The van der Waals surface area contributed by atoms with Gasteiger partial charge in [-0.3, -0.25) is 4.90 Å². The van der Waals surface area contributed by atoms with Gasteiger partial charge in [0, 0.05) is 36.9 Å². The molecule has 0 aliphatic carbocycles. The zero-order valence-electron chi connectivity index (χ0n) is 14.3. The molecule has 1 aromatic heterocycles. The van der Waals surface area contributed by atoms with Crippen molar-refractivity contribution < 1.29 is 4.79 Å². The number of halogens is 1. The van der Waals surface area contributed by atoms with Crippen molar-refractivity contribution in [2.75, 3.05) is 29.9 Å². The summed E-state index contributed by atoms with van der Waals surface area (Å²) in [5, 5.41) is 18.0. The van der Waals surface area contributed by atoms with E-state index in [4.69, 9.17) is 11.6 Å². The van der Waals surface area contributed by atoms with Crippen LogP contribution in [-0.4, -0.2) is 52.8 Å². The van der Waals surface area contributed by atoms with Crippen molar-refractivity contribution in [1.82, 2.24) is 25.9 Å². The zero-order valence-corrected chi connectivity index (χ0v) is 15.1. The van der Waals surface area contributed by atoms with Gasteiger partial charge in [0.1, 0.15) is 0 Å². The summed E-state index contributed by atoms with van der Waals surface area (Å²) in [4.78, 5) is 16.3. The molecule has 0 radical (unpaired) electrons. The lowest BCUT2D eigenvalue weighted by atomic mass is 10.0. The quantitative estimate of drug-likeness (QED) is 0.873. The van der Waals surface area contributed by atoms with Crippen LogP contribution < -0.4 is 15.1 Å². The number of aromatic nitrogens is 4. The Morgan fingerprint density at radius 1 is 1.40 bits per heavy atom. The third-order valence-electron chi connectivity index (χ3n) is 4.48. The minimum absolute atomic E-state index is 0.0123. The zero-order chi connectivity index (χ0) is 17.8. The Morgan fingerprint density at radius 3 is 2.84 bits per heavy atom. The number of hydrogen-bond donors (Lipinski definition) is 2. The number of carbonyl (C=O) groups excluding carboxylic acids is 1. The summed E-state index contributed by atoms with van der Waals surface area (Å²) in [5.74, 6) is 1.07. The number of urea groups is 1. The third kappa shape index (κ3) is 4.39. The summed E-state index contributed by atoms with van der Waals surface area (Å²) in [6.45, 7) is 3.70. The molecule has 25 heavy (non-hydrogen) atoms. The molecule has 134 valence electrons. The van der Waals surface area contributed by atoms with Crippen LogP contribution in [0.4, 0.5) is 16.4 Å². The van der Waals surface area contributed by atoms with E-state index in [1.807, 2.05) is 12.1 Å². The molecule has 2 heterocycles. The number of tetrazole rings is 1. The number of benzene rings is 1. The fraction of sp³-hybridized carbons (Fsp3) is 0.500. The molecule has 2 atom stereocenters. The van der Waals surface area contributed by atoms with Crippen LogP contribution in [0.25, 0.3) is 0 Å². The summed E-state index contributed by atoms with van der Waals surface area (Å²) in [7, 11) is 1.75. The number of nitrogens with zero attached hydrogens (tertiary/aromatic N) is 5. The fourth-order valence-electron chi connectivity index (χ4n) is 3.04. The van der Waals surface area contributed by atoms with Crippen molar-refractivity contribution in [3.05, 3.63) is 29.3 Å². The van der Waals surface area contributed by atoms with Crippen molar-refractivity contribution in [2.24, 2.45) is 5.92 Å². The van der Waals surface area contributed by atoms with Crippen molar-refractivity contribution in [1.29, 1.82) is 0 Å². The van der Waals surface area contributed by atoms with Crippen LogP contribution >= 0.6 is 11.6 Å². The number of H-pyrrole nitrogens is 1. The van der Waals surface area contributed by atoms with Gasteiger partial charge < -0.3 is 10.2 Å². The second-order valence-electron chi connectivity index (χ2n) is 6.47. The van der Waals surface area contributed by atoms with Crippen LogP contribution in [0.15, 0.2) is 24.3 Å². The molecule has 1 fully saturated rings. The molecule has 0 unspecified atom stereocenters. The number of aromatic amines is 1. The number of amides is 2. The van der Waals surface area contributed by atoms with E-state index in [1.165, 1.54) is 0 Å². The fourth-order valence-corrected chi connectivity index (χ4v) is 3.17. The normalized spacial score (nSPS) is 20.8. The maximum atomic E-state index is 12.6. The molecular weight excluding hydrogens is 342 g/mol. The molecule has 1 aliphatic rings. The smallest absolute Gasteiger partial charge is 0.321 e. The van der Waals surface area contributed by atoms with Crippen LogP contribution in [0.2, 0.25) is 5.02 Å². The molecule has 1 aromatic carbocycles. The van der Waals surface area contributed by atoms with Gasteiger partial charge in [0.05, 0.1) is 0 Å². The molecular formula is C16H22ClN7O. The monoisotopic (exact) mass is 363 g/mol. The first-order valence-electron chi connectivity index (χ1n) is 8.31. The predicted molar refractivity (Wildman–Crippen MR) is 97.0 cm³/mol. The first-order chi connectivity index (χ1) is 12.0. The first-order valence-corrected chi connectivity index (χ1v) is 8.69. The topological polar surface area (TPSA) is 90.0 Å². The summed E-state index contributed by atoms with van der Waals surface area (Å²) >= 11 is 5.91. The van der Waals surface area contributed by atoms with E-state index in [0.717, 1.165) is 25.1 Å². The molecule has 0 bridgehead atoms. The molecule has 0 spiro atoms. The number of carbonyl (C=O) groups is 1. The Balaban J connectivity index is 1.66. The Hall–Kier alpha value is -2.35. The molecule has 3 rings (SSSR count). The maximum Gasteiger partial charge on any atom is 0.321 e. The van der Waals surface area contributed by atoms with E-state index >= 15 is 0 Å². The molecule has 2 aromatic rings. The first kappa shape index (κ1) is 17.5. The standard InChI is InChI=1S/C16H22ClN7O/c1-11-7-8-24(15-19-21-22-20-15)10-13(9-11)18-16(25)23(2)14-5-3-12(17)4-6-14/h3-6,11,13H,7-10H2,1-2H3,(H,18,25)(H,19,20,21,22)/t11-,13-/m0/s1. The lowest BCUT2D eigenvalue weighted by Crippen LogP contribution is -2.48. The van der Waals surface area contributed by atoms with Gasteiger partial charge in [-0.15, -0.1) is 5.10 Å². The molecule has 1 saturated heterocycles. The highest BCUT2D eigenvalue weighted by Crippen LogP contribution is 2.21. The largest absolute Gasteiger partial charge is 0.336 e. The highest BCUT2D eigenvalue weighted by atomic mass is 35.5. The third-order valence-corrected chi connectivity index (χ3v) is 4.73. The Kier molecular flexibility index (Phi) is 5.37. The van der Waals surface area contributed by atoms with E-state index in [-0.39, 0.29) is 12.1 Å². The number of hydrogen-bond acceptors (Lipinski definition) is 5. The highest BCUT2D eigenvalue weighted by molar-refractivity contribution is 6.30. The van der Waals surface area contributed by atoms with Crippen molar-refractivity contribution in [2.45, 2.75) is 25.8 Å². The predicted octanol–water partition coefficient (Wildman–Crippen LogP) is 2.30. The van der Waals surface area contributed by atoms with Gasteiger partial charge >= 0.3 is 6.03 Å². The van der Waals surface area contributed by atoms with Gasteiger partial charge in [-0.1, -0.05) is 23.6 Å². The second kappa shape index (κ2) is 7.69. The van der Waals surface area contributed by atoms with Crippen molar-refractivity contribution in [3.63, 3.8) is 0 Å². The van der Waals surface area contributed by atoms with Gasteiger partial charge in [-0.25, -0.2) is 4.79 Å². The van der Waals surface area contributed by atoms with Gasteiger partial charge in [0.2, 0.25) is 0 Å². The van der Waals surface area contributed by atoms with Gasteiger partial charge in [-0.05, 0) is 48.2 Å². The van der Waals surface area contributed by atoms with Gasteiger partial charge in [0.15, 0.2) is 0 Å². The minimum Gasteiger partial charge on any atom is -0.336 e.